The van der Waals surface area contributed by atoms with Crippen LogP contribution in [0.25, 0.3) is 11.0 Å². The van der Waals surface area contributed by atoms with E-state index in [0.717, 1.165) is 79.3 Å². The molecular weight excluding hydrogens is 640 g/mol. The summed E-state index contributed by atoms with van der Waals surface area (Å²) < 4.78 is 4.89. The van der Waals surface area contributed by atoms with Crippen molar-refractivity contribution < 1.29 is 0 Å². The van der Waals surface area contributed by atoms with Crippen LogP contribution in [0.15, 0.2) is 29.7 Å². The number of aliphatic imine (C=N–C) groups is 1. The normalized spacial score (nSPS) is 20.6. The van der Waals surface area contributed by atoms with Gasteiger partial charge in [0.05, 0.1) is 15.0 Å². The summed E-state index contributed by atoms with van der Waals surface area (Å²) in [7, 11) is 3.51. The van der Waals surface area contributed by atoms with Crippen molar-refractivity contribution in [3.05, 3.63) is 52.5 Å². The first-order valence-electron chi connectivity index (χ1n) is 14.1. The summed E-state index contributed by atoms with van der Waals surface area (Å²) in [5.41, 5.74) is 3.28. The molecule has 1 aliphatic heterocycles. The number of halogens is 2. The van der Waals surface area contributed by atoms with Gasteiger partial charge < -0.3 is 16.0 Å². The van der Waals surface area contributed by atoms with Crippen LogP contribution in [0.2, 0.25) is 0 Å². The van der Waals surface area contributed by atoms with Crippen molar-refractivity contribution in [3.63, 3.8) is 0 Å². The van der Waals surface area contributed by atoms with Crippen LogP contribution < -0.4 is 27.1 Å². The minimum Gasteiger partial charge on any atom is -0.357 e. The number of nitrogens with one attached hydrogen (secondary N) is 3. The smallest absolute Gasteiger partial charge is 0.267 e. The third kappa shape index (κ3) is 4.47. The van der Waals surface area contributed by atoms with Gasteiger partial charge >= 0.3 is 0 Å². The van der Waals surface area contributed by atoms with Gasteiger partial charge in [0.2, 0.25) is 5.95 Å². The van der Waals surface area contributed by atoms with E-state index in [4.69, 9.17) is 4.98 Å². The van der Waals surface area contributed by atoms with Crippen LogP contribution in [0.3, 0.4) is 0 Å². The second-order valence-electron chi connectivity index (χ2n) is 11.0. The Labute approximate surface area is 249 Å². The molecule has 0 aromatic carbocycles. The number of aromatic nitrogens is 4. The fourth-order valence-corrected chi connectivity index (χ4v) is 7.73. The molecule has 3 N–H and O–H groups in total. The fraction of sp³-hybridized carbons (Fsp3) is 0.536. The van der Waals surface area contributed by atoms with Crippen LogP contribution in [0.4, 0.5) is 11.8 Å². The van der Waals surface area contributed by atoms with E-state index in [0.29, 0.717) is 32.9 Å². The van der Waals surface area contributed by atoms with Crippen molar-refractivity contribution in [1.29, 1.82) is 0 Å². The van der Waals surface area contributed by atoms with Gasteiger partial charge in [0.1, 0.15) is 11.5 Å². The summed E-state index contributed by atoms with van der Waals surface area (Å²) in [5.74, 6) is 1.87. The molecule has 12 heteroatoms. The number of fused-ring (bicyclic) bond motifs is 2. The average Bonchev–Trinajstić information content (AvgIpc) is 3.69. The number of anilines is 2. The molecule has 3 aromatic heterocycles. The molecule has 4 heterocycles. The van der Waals surface area contributed by atoms with Crippen molar-refractivity contribution >= 4 is 60.6 Å². The van der Waals surface area contributed by atoms with Gasteiger partial charge in [-0.25, -0.2) is 4.98 Å². The first kappa shape index (κ1) is 27.4. The Kier molecular flexibility index (Phi) is 7.49. The summed E-state index contributed by atoms with van der Waals surface area (Å²) in [4.78, 5) is 41.2. The molecule has 212 valence electrons. The standard InChI is InChI=1S/C28H34Br2N8O2/c1-14-20-19(34-28(32-3)36-24(20)38(25(39)21(14)29)16-10-6-7-11-16)12-17-18-13-33-27(31-2)35-23(18)37(26(40)22(17)30)15-8-4-5-9-15/h13,15-16,19H,4-12H2,1-3H3,(H,31,33,35)(H2,32,34,36). The van der Waals surface area contributed by atoms with Gasteiger partial charge in [-0.15, -0.1) is 0 Å². The first-order valence-corrected chi connectivity index (χ1v) is 15.6. The number of hydrogen-bond acceptors (Lipinski definition) is 6. The number of guanidine groups is 1. The summed E-state index contributed by atoms with van der Waals surface area (Å²) >= 11 is 7.33. The summed E-state index contributed by atoms with van der Waals surface area (Å²) in [6, 6.07) is 0.0130. The van der Waals surface area contributed by atoms with Crippen molar-refractivity contribution in [3.8, 4) is 0 Å². The molecule has 2 aliphatic carbocycles. The highest BCUT2D eigenvalue weighted by Crippen LogP contribution is 2.40. The molecule has 3 aliphatic rings. The average molecular weight is 674 g/mol. The SMILES string of the molecule is CN=C1Nc2c(c(C)c(Br)c(=O)n2C2CCCC2)C(Cc2c(Br)c(=O)n(C3CCCC3)c3nc(NC)ncc23)N1. The lowest BCUT2D eigenvalue weighted by molar-refractivity contribution is 0.495. The summed E-state index contributed by atoms with van der Waals surface area (Å²) in [6.07, 6.45) is 10.6. The van der Waals surface area contributed by atoms with E-state index in [-0.39, 0.29) is 29.2 Å². The van der Waals surface area contributed by atoms with Crippen LogP contribution in [-0.4, -0.2) is 39.2 Å². The van der Waals surface area contributed by atoms with Crippen LogP contribution in [0.1, 0.15) is 86.2 Å². The number of pyridine rings is 2. The topological polar surface area (TPSA) is 118 Å². The van der Waals surface area contributed by atoms with Gasteiger partial charge in [-0.2, -0.15) is 4.98 Å². The molecular formula is C28H34Br2N8O2. The molecule has 0 saturated heterocycles. The van der Waals surface area contributed by atoms with Gasteiger partial charge in [-0.05, 0) is 82.0 Å². The van der Waals surface area contributed by atoms with Gasteiger partial charge in [-0.1, -0.05) is 25.7 Å². The molecule has 1 unspecified atom stereocenters. The molecule has 6 rings (SSSR count). The molecule has 0 amide bonds. The lowest BCUT2D eigenvalue weighted by Gasteiger charge is -2.35. The zero-order valence-electron chi connectivity index (χ0n) is 23.0. The van der Waals surface area contributed by atoms with Crippen LogP contribution >= 0.6 is 31.9 Å². The Morgan fingerprint density at radius 1 is 1.02 bits per heavy atom. The van der Waals surface area contributed by atoms with Crippen LogP contribution in [-0.2, 0) is 6.42 Å². The first-order chi connectivity index (χ1) is 19.3. The van der Waals surface area contributed by atoms with Gasteiger partial charge in [0.25, 0.3) is 11.1 Å². The Morgan fingerprint density at radius 2 is 1.65 bits per heavy atom. The maximum atomic E-state index is 13.9. The van der Waals surface area contributed by atoms with Crippen molar-refractivity contribution in [2.45, 2.75) is 82.8 Å². The molecule has 2 saturated carbocycles. The van der Waals surface area contributed by atoms with E-state index < -0.39 is 0 Å². The monoisotopic (exact) mass is 672 g/mol. The zero-order valence-corrected chi connectivity index (χ0v) is 26.2. The maximum Gasteiger partial charge on any atom is 0.267 e. The fourth-order valence-electron chi connectivity index (χ4n) is 6.76. The maximum absolute atomic E-state index is 13.9. The van der Waals surface area contributed by atoms with Gasteiger partial charge in [0, 0.05) is 43.3 Å². The minimum atomic E-state index is -0.246. The predicted octanol–water partition coefficient (Wildman–Crippen LogP) is 5.34. The Balaban J connectivity index is 1.55. The van der Waals surface area contributed by atoms with E-state index in [1.807, 2.05) is 22.3 Å². The van der Waals surface area contributed by atoms with Crippen molar-refractivity contribution in [2.24, 2.45) is 4.99 Å². The Hall–Kier alpha value is -2.73. The minimum absolute atomic E-state index is 0.0226. The highest BCUT2D eigenvalue weighted by atomic mass is 79.9. The Bertz CT molecular complexity index is 1630. The van der Waals surface area contributed by atoms with Crippen molar-refractivity contribution in [2.75, 3.05) is 24.7 Å². The summed E-state index contributed by atoms with van der Waals surface area (Å²) in [6.45, 7) is 1.97. The third-order valence-corrected chi connectivity index (χ3v) is 10.5. The van der Waals surface area contributed by atoms with Gasteiger partial charge in [-0.3, -0.25) is 23.7 Å². The van der Waals surface area contributed by atoms with Crippen molar-refractivity contribution in [1.82, 2.24) is 24.4 Å². The third-order valence-electron chi connectivity index (χ3n) is 8.76. The molecule has 3 aromatic rings. The highest BCUT2D eigenvalue weighted by Gasteiger charge is 2.34. The quantitative estimate of drug-likeness (QED) is 0.335. The number of rotatable bonds is 5. The van der Waals surface area contributed by atoms with Crippen LogP contribution in [0, 0.1) is 6.92 Å². The zero-order chi connectivity index (χ0) is 28.1. The predicted molar refractivity (Wildman–Crippen MR) is 166 cm³/mol. The summed E-state index contributed by atoms with van der Waals surface area (Å²) in [5, 5.41) is 10.8. The molecule has 0 radical (unpaired) electrons. The van der Waals surface area contributed by atoms with E-state index in [1.54, 1.807) is 14.1 Å². The molecule has 40 heavy (non-hydrogen) atoms. The molecule has 0 spiro atoms. The second kappa shape index (κ2) is 10.9. The lowest BCUT2D eigenvalue weighted by atomic mass is 9.93. The molecule has 0 bridgehead atoms. The molecule has 10 nitrogen and oxygen atoms in total. The van der Waals surface area contributed by atoms with Crippen LogP contribution in [0.5, 0.6) is 0 Å². The highest BCUT2D eigenvalue weighted by molar-refractivity contribution is 9.10. The second-order valence-corrected chi connectivity index (χ2v) is 12.6. The van der Waals surface area contributed by atoms with Gasteiger partial charge in [0.15, 0.2) is 5.96 Å². The largest absolute Gasteiger partial charge is 0.357 e. The molecule has 1 atom stereocenters. The lowest BCUT2D eigenvalue weighted by Crippen LogP contribution is -2.44. The van der Waals surface area contributed by atoms with E-state index in [2.05, 4.69) is 57.8 Å². The molecule has 2 fully saturated rings. The van der Waals surface area contributed by atoms with E-state index >= 15 is 0 Å². The van der Waals surface area contributed by atoms with E-state index in [9.17, 15) is 9.59 Å². The number of nitrogens with zero attached hydrogens (tertiary/aromatic N) is 5. The Morgan fingerprint density at radius 3 is 2.27 bits per heavy atom. The van der Waals surface area contributed by atoms with E-state index in [1.165, 1.54) is 0 Å². The number of hydrogen-bond donors (Lipinski definition) is 3.